The summed E-state index contributed by atoms with van der Waals surface area (Å²) in [4.78, 5) is 2.55. The van der Waals surface area contributed by atoms with Gasteiger partial charge in [-0.1, -0.05) is 13.8 Å². The highest BCUT2D eigenvalue weighted by Crippen LogP contribution is 2.30. The SMILES string of the molecule is C#CCCCN1CCSC(C)(C)CC1. The summed E-state index contributed by atoms with van der Waals surface area (Å²) in [5.41, 5.74) is 0. The van der Waals surface area contributed by atoms with Crippen molar-refractivity contribution < 1.29 is 0 Å². The predicted octanol–water partition coefficient (Wildman–Crippen LogP) is 2.62. The van der Waals surface area contributed by atoms with Gasteiger partial charge in [-0.25, -0.2) is 0 Å². The van der Waals surface area contributed by atoms with Crippen LogP contribution in [-0.4, -0.2) is 35.0 Å². The van der Waals surface area contributed by atoms with Crippen molar-refractivity contribution in [3.63, 3.8) is 0 Å². The van der Waals surface area contributed by atoms with Crippen LogP contribution in [0.1, 0.15) is 33.1 Å². The van der Waals surface area contributed by atoms with Gasteiger partial charge in [-0.15, -0.1) is 12.3 Å². The Balaban J connectivity index is 2.25. The van der Waals surface area contributed by atoms with E-state index < -0.39 is 0 Å². The second-order valence-corrected chi connectivity index (χ2v) is 6.31. The minimum atomic E-state index is 0.473. The summed E-state index contributed by atoms with van der Waals surface area (Å²) in [5.74, 6) is 3.97. The van der Waals surface area contributed by atoms with Gasteiger partial charge >= 0.3 is 0 Å². The van der Waals surface area contributed by atoms with Crippen LogP contribution < -0.4 is 0 Å². The van der Waals surface area contributed by atoms with E-state index in [0.717, 1.165) is 12.8 Å². The van der Waals surface area contributed by atoms with Gasteiger partial charge in [-0.2, -0.15) is 11.8 Å². The number of nitrogens with zero attached hydrogens (tertiary/aromatic N) is 1. The van der Waals surface area contributed by atoms with Crippen molar-refractivity contribution in [3.05, 3.63) is 0 Å². The number of rotatable bonds is 3. The summed E-state index contributed by atoms with van der Waals surface area (Å²) >= 11 is 2.10. The Labute approximate surface area is 92.6 Å². The molecule has 1 aliphatic rings. The lowest BCUT2D eigenvalue weighted by molar-refractivity contribution is 0.282. The van der Waals surface area contributed by atoms with Gasteiger partial charge in [-0.3, -0.25) is 0 Å². The topological polar surface area (TPSA) is 3.24 Å². The molecule has 0 radical (unpaired) electrons. The normalized spacial score (nSPS) is 22.6. The van der Waals surface area contributed by atoms with Crippen LogP contribution in [0.15, 0.2) is 0 Å². The Morgan fingerprint density at radius 1 is 1.43 bits per heavy atom. The molecule has 1 heterocycles. The molecule has 0 saturated carbocycles. The quantitative estimate of drug-likeness (QED) is 0.521. The summed E-state index contributed by atoms with van der Waals surface area (Å²) in [6, 6.07) is 0. The molecule has 0 aromatic heterocycles. The Hall–Kier alpha value is -0.130. The van der Waals surface area contributed by atoms with Crippen LogP contribution in [0, 0.1) is 12.3 Å². The fourth-order valence-corrected chi connectivity index (χ4v) is 2.83. The molecule has 0 N–H and O–H groups in total. The molecule has 14 heavy (non-hydrogen) atoms. The lowest BCUT2D eigenvalue weighted by atomic mass is 10.1. The molecule has 1 rings (SSSR count). The van der Waals surface area contributed by atoms with Gasteiger partial charge in [-0.05, 0) is 25.9 Å². The molecule has 0 aromatic carbocycles. The lowest BCUT2D eigenvalue weighted by Gasteiger charge is -2.22. The number of hydrogen-bond acceptors (Lipinski definition) is 2. The van der Waals surface area contributed by atoms with Crippen molar-refractivity contribution in [2.24, 2.45) is 0 Å². The molecule has 1 nitrogen and oxygen atoms in total. The maximum absolute atomic E-state index is 5.25. The molecule has 0 spiro atoms. The highest BCUT2D eigenvalue weighted by atomic mass is 32.2. The molecule has 1 fully saturated rings. The van der Waals surface area contributed by atoms with Gasteiger partial charge in [0, 0.05) is 23.5 Å². The van der Waals surface area contributed by atoms with E-state index in [1.54, 1.807) is 0 Å². The van der Waals surface area contributed by atoms with Gasteiger partial charge in [0.2, 0.25) is 0 Å². The monoisotopic (exact) mass is 211 g/mol. The minimum absolute atomic E-state index is 0.473. The smallest absolute Gasteiger partial charge is 0.0116 e. The largest absolute Gasteiger partial charge is 0.302 e. The van der Waals surface area contributed by atoms with Crippen molar-refractivity contribution in [2.45, 2.75) is 37.9 Å². The maximum Gasteiger partial charge on any atom is 0.0116 e. The number of thioether (sulfide) groups is 1. The van der Waals surface area contributed by atoms with Gasteiger partial charge in [0.15, 0.2) is 0 Å². The zero-order chi connectivity index (χ0) is 10.4. The van der Waals surface area contributed by atoms with Crippen molar-refractivity contribution >= 4 is 11.8 Å². The van der Waals surface area contributed by atoms with Gasteiger partial charge in [0.05, 0.1) is 0 Å². The standard InChI is InChI=1S/C12H21NS/c1-4-5-6-8-13-9-7-12(2,3)14-11-10-13/h1H,5-11H2,2-3H3. The maximum atomic E-state index is 5.25. The van der Waals surface area contributed by atoms with Crippen molar-refractivity contribution in [2.75, 3.05) is 25.4 Å². The second-order valence-electron chi connectivity index (χ2n) is 4.51. The molecule has 0 bridgehead atoms. The van der Waals surface area contributed by atoms with Crippen LogP contribution in [0.2, 0.25) is 0 Å². The molecule has 1 saturated heterocycles. The Kier molecular flexibility index (Phi) is 4.84. The number of terminal acetylenes is 1. The van der Waals surface area contributed by atoms with Crippen molar-refractivity contribution in [3.8, 4) is 12.3 Å². The fraction of sp³-hybridized carbons (Fsp3) is 0.833. The Bertz CT molecular complexity index is 205. The van der Waals surface area contributed by atoms with Crippen LogP contribution in [-0.2, 0) is 0 Å². The highest BCUT2D eigenvalue weighted by molar-refractivity contribution is 8.00. The summed E-state index contributed by atoms with van der Waals surface area (Å²) in [6.07, 6.45) is 8.62. The van der Waals surface area contributed by atoms with Crippen LogP contribution >= 0.6 is 11.8 Å². The van der Waals surface area contributed by atoms with E-state index in [1.165, 1.54) is 31.8 Å². The van der Waals surface area contributed by atoms with Crippen LogP contribution in [0.4, 0.5) is 0 Å². The molecule has 0 amide bonds. The molecular formula is C12H21NS. The first-order valence-electron chi connectivity index (χ1n) is 5.44. The number of unbranched alkanes of at least 4 members (excludes halogenated alkanes) is 1. The van der Waals surface area contributed by atoms with Gasteiger partial charge in [0.1, 0.15) is 0 Å². The predicted molar refractivity (Wildman–Crippen MR) is 65.7 cm³/mol. The number of hydrogen-bond donors (Lipinski definition) is 0. The van der Waals surface area contributed by atoms with Crippen LogP contribution in [0.25, 0.3) is 0 Å². The second kappa shape index (κ2) is 5.68. The fourth-order valence-electron chi connectivity index (χ4n) is 1.69. The van der Waals surface area contributed by atoms with E-state index >= 15 is 0 Å². The summed E-state index contributed by atoms with van der Waals surface area (Å²) in [5, 5.41) is 0. The molecule has 80 valence electrons. The molecular weight excluding hydrogens is 190 g/mol. The molecule has 2 heteroatoms. The van der Waals surface area contributed by atoms with E-state index in [4.69, 9.17) is 6.42 Å². The Morgan fingerprint density at radius 2 is 2.21 bits per heavy atom. The van der Waals surface area contributed by atoms with Gasteiger partial charge in [0.25, 0.3) is 0 Å². The van der Waals surface area contributed by atoms with E-state index in [1.807, 2.05) is 0 Å². The van der Waals surface area contributed by atoms with E-state index in [-0.39, 0.29) is 0 Å². The molecule has 0 unspecified atom stereocenters. The molecule has 1 aliphatic heterocycles. The van der Waals surface area contributed by atoms with Crippen LogP contribution in [0.5, 0.6) is 0 Å². The Morgan fingerprint density at radius 3 is 2.93 bits per heavy atom. The zero-order valence-corrected chi connectivity index (χ0v) is 10.2. The average Bonchev–Trinajstić information content (AvgIpc) is 2.28. The van der Waals surface area contributed by atoms with Crippen molar-refractivity contribution in [1.82, 2.24) is 4.90 Å². The van der Waals surface area contributed by atoms with Crippen molar-refractivity contribution in [1.29, 1.82) is 0 Å². The third-order valence-electron chi connectivity index (χ3n) is 2.73. The summed E-state index contributed by atoms with van der Waals surface area (Å²) in [6.45, 7) is 8.36. The van der Waals surface area contributed by atoms with E-state index in [9.17, 15) is 0 Å². The third kappa shape index (κ3) is 4.39. The van der Waals surface area contributed by atoms with E-state index in [0.29, 0.717) is 4.75 Å². The first-order valence-corrected chi connectivity index (χ1v) is 6.42. The first-order chi connectivity index (χ1) is 6.64. The zero-order valence-electron chi connectivity index (χ0n) is 9.38. The molecule has 0 atom stereocenters. The highest BCUT2D eigenvalue weighted by Gasteiger charge is 2.22. The third-order valence-corrected chi connectivity index (χ3v) is 4.10. The molecule has 0 aliphatic carbocycles. The van der Waals surface area contributed by atoms with E-state index in [2.05, 4.69) is 36.4 Å². The summed E-state index contributed by atoms with van der Waals surface area (Å²) in [7, 11) is 0. The average molecular weight is 211 g/mol. The summed E-state index contributed by atoms with van der Waals surface area (Å²) < 4.78 is 0.473. The van der Waals surface area contributed by atoms with Crippen LogP contribution in [0.3, 0.4) is 0 Å². The van der Waals surface area contributed by atoms with Gasteiger partial charge < -0.3 is 4.90 Å². The first kappa shape index (κ1) is 11.9. The molecule has 0 aromatic rings. The minimum Gasteiger partial charge on any atom is -0.302 e. The lowest BCUT2D eigenvalue weighted by Crippen LogP contribution is -2.28.